The number of rotatable bonds is 4. The third-order valence-corrected chi connectivity index (χ3v) is 3.01. The van der Waals surface area contributed by atoms with Gasteiger partial charge in [0.25, 0.3) is 0 Å². The van der Waals surface area contributed by atoms with Gasteiger partial charge in [-0.25, -0.2) is 4.79 Å². The van der Waals surface area contributed by atoms with Gasteiger partial charge in [0.05, 0.1) is 5.56 Å². The van der Waals surface area contributed by atoms with Crippen molar-refractivity contribution in [3.05, 3.63) is 64.1 Å². The molecule has 0 bridgehead atoms. The summed E-state index contributed by atoms with van der Waals surface area (Å²) in [7, 11) is 0. The molecule has 0 atom stereocenters. The van der Waals surface area contributed by atoms with Crippen LogP contribution in [0.1, 0.15) is 15.9 Å². The predicted molar refractivity (Wildman–Crippen MR) is 76.4 cm³/mol. The van der Waals surface area contributed by atoms with Gasteiger partial charge in [0, 0.05) is 4.47 Å². The summed E-state index contributed by atoms with van der Waals surface area (Å²) in [4.78, 5) is 11.9. The number of carbonyl (C=O) groups excluding carboxylic acids is 1. The van der Waals surface area contributed by atoms with E-state index in [0.717, 1.165) is 17.7 Å². The van der Waals surface area contributed by atoms with Crippen LogP contribution >= 0.6 is 15.9 Å². The highest BCUT2D eigenvalue weighted by atomic mass is 79.9. The van der Waals surface area contributed by atoms with Crippen molar-refractivity contribution < 1.29 is 27.4 Å². The summed E-state index contributed by atoms with van der Waals surface area (Å²) >= 11 is 3.03. The molecule has 0 fully saturated rings. The molecule has 0 aliphatic carbocycles. The molecule has 0 aliphatic rings. The molecule has 0 heterocycles. The number of alkyl halides is 3. The molecule has 7 heteroatoms. The molecule has 0 saturated carbocycles. The van der Waals surface area contributed by atoms with Crippen LogP contribution in [0.2, 0.25) is 0 Å². The Balaban J connectivity index is 2.09. The highest BCUT2D eigenvalue weighted by Gasteiger charge is 2.31. The first kappa shape index (κ1) is 16.4. The zero-order valence-corrected chi connectivity index (χ0v) is 12.6. The Kier molecular flexibility index (Phi) is 5.07. The fraction of sp³-hybridized carbons (Fsp3) is 0.133. The second-order valence-corrected chi connectivity index (χ2v) is 5.20. The number of benzene rings is 2. The summed E-state index contributed by atoms with van der Waals surface area (Å²) in [6.45, 7) is 0.0294. The minimum atomic E-state index is -4.83. The van der Waals surface area contributed by atoms with E-state index in [2.05, 4.69) is 20.7 Å². The molecule has 2 rings (SSSR count). The van der Waals surface area contributed by atoms with Crippen molar-refractivity contribution in [2.45, 2.75) is 13.0 Å². The Morgan fingerprint density at radius 2 is 1.77 bits per heavy atom. The van der Waals surface area contributed by atoms with Gasteiger partial charge in [-0.1, -0.05) is 46.3 Å². The molecule has 0 amide bonds. The number of esters is 1. The molecular formula is C15H10BrF3O3. The van der Waals surface area contributed by atoms with E-state index in [1.807, 2.05) is 6.07 Å². The molecule has 2 aromatic rings. The molecule has 0 unspecified atom stereocenters. The summed E-state index contributed by atoms with van der Waals surface area (Å²) < 4.78 is 45.8. The van der Waals surface area contributed by atoms with E-state index >= 15 is 0 Å². The summed E-state index contributed by atoms with van der Waals surface area (Å²) in [5.74, 6) is -1.23. The van der Waals surface area contributed by atoms with Crippen LogP contribution in [0.4, 0.5) is 13.2 Å². The maximum absolute atomic E-state index is 12.2. The Morgan fingerprint density at radius 3 is 2.41 bits per heavy atom. The lowest BCUT2D eigenvalue weighted by Gasteiger charge is -2.11. The normalized spacial score (nSPS) is 11.1. The van der Waals surface area contributed by atoms with Crippen LogP contribution in [0.25, 0.3) is 0 Å². The van der Waals surface area contributed by atoms with Gasteiger partial charge in [-0.2, -0.15) is 0 Å². The Morgan fingerprint density at radius 1 is 1.09 bits per heavy atom. The first-order valence-electron chi connectivity index (χ1n) is 6.11. The molecule has 0 aliphatic heterocycles. The van der Waals surface area contributed by atoms with Crippen LogP contribution in [-0.4, -0.2) is 12.3 Å². The van der Waals surface area contributed by atoms with E-state index in [0.29, 0.717) is 0 Å². The van der Waals surface area contributed by atoms with Crippen molar-refractivity contribution >= 4 is 21.9 Å². The second-order valence-electron chi connectivity index (χ2n) is 4.29. The maximum atomic E-state index is 12.2. The SMILES string of the molecule is O=C(OCc1ccccc1)c1cc(Br)cc(OC(F)(F)F)c1. The van der Waals surface area contributed by atoms with Crippen LogP contribution < -0.4 is 4.74 Å². The zero-order valence-electron chi connectivity index (χ0n) is 11.1. The van der Waals surface area contributed by atoms with Crippen LogP contribution in [0, 0.1) is 0 Å². The van der Waals surface area contributed by atoms with Gasteiger partial charge in [-0.05, 0) is 23.8 Å². The van der Waals surface area contributed by atoms with Gasteiger partial charge in [-0.3, -0.25) is 0 Å². The zero-order chi connectivity index (χ0) is 16.2. The Bertz CT molecular complexity index is 657. The van der Waals surface area contributed by atoms with Gasteiger partial charge in [0.1, 0.15) is 12.4 Å². The lowest BCUT2D eigenvalue weighted by atomic mass is 10.2. The molecule has 0 N–H and O–H groups in total. The summed E-state index contributed by atoms with van der Waals surface area (Å²) in [5, 5.41) is 0. The van der Waals surface area contributed by atoms with Gasteiger partial charge in [0.15, 0.2) is 0 Å². The van der Waals surface area contributed by atoms with Crippen LogP contribution in [0.15, 0.2) is 53.0 Å². The summed E-state index contributed by atoms with van der Waals surface area (Å²) in [6, 6.07) is 12.4. The summed E-state index contributed by atoms with van der Waals surface area (Å²) in [6.07, 6.45) is -4.83. The van der Waals surface area contributed by atoms with Gasteiger partial charge in [0.2, 0.25) is 0 Å². The quantitative estimate of drug-likeness (QED) is 0.727. The minimum Gasteiger partial charge on any atom is -0.457 e. The van der Waals surface area contributed by atoms with E-state index in [1.54, 1.807) is 24.3 Å². The van der Waals surface area contributed by atoms with Crippen LogP contribution in [-0.2, 0) is 11.3 Å². The highest BCUT2D eigenvalue weighted by Crippen LogP contribution is 2.27. The van der Waals surface area contributed by atoms with Crippen LogP contribution in [0.5, 0.6) is 5.75 Å². The number of halogens is 4. The smallest absolute Gasteiger partial charge is 0.457 e. The topological polar surface area (TPSA) is 35.5 Å². The molecule has 0 aromatic heterocycles. The molecule has 22 heavy (non-hydrogen) atoms. The average Bonchev–Trinajstić information content (AvgIpc) is 2.43. The van der Waals surface area contributed by atoms with Crippen molar-refractivity contribution in [1.82, 2.24) is 0 Å². The predicted octanol–water partition coefficient (Wildman–Crippen LogP) is 4.70. The van der Waals surface area contributed by atoms with E-state index in [4.69, 9.17) is 4.74 Å². The highest BCUT2D eigenvalue weighted by molar-refractivity contribution is 9.10. The van der Waals surface area contributed by atoms with E-state index in [1.165, 1.54) is 6.07 Å². The molecule has 0 spiro atoms. The van der Waals surface area contributed by atoms with Gasteiger partial charge < -0.3 is 9.47 Å². The third kappa shape index (κ3) is 5.07. The number of hydrogen-bond donors (Lipinski definition) is 0. The van der Waals surface area contributed by atoms with Crippen molar-refractivity contribution in [1.29, 1.82) is 0 Å². The fourth-order valence-corrected chi connectivity index (χ4v) is 2.15. The molecular weight excluding hydrogens is 365 g/mol. The summed E-state index contributed by atoms with van der Waals surface area (Å²) in [5.41, 5.74) is 0.738. The van der Waals surface area contributed by atoms with E-state index in [-0.39, 0.29) is 16.6 Å². The number of carbonyl (C=O) groups is 1. The second kappa shape index (κ2) is 6.83. The van der Waals surface area contributed by atoms with Crippen LogP contribution in [0.3, 0.4) is 0 Å². The van der Waals surface area contributed by atoms with Crippen molar-refractivity contribution in [2.24, 2.45) is 0 Å². The Labute approximate surface area is 132 Å². The van der Waals surface area contributed by atoms with Crippen molar-refractivity contribution in [3.63, 3.8) is 0 Å². The lowest BCUT2D eigenvalue weighted by molar-refractivity contribution is -0.274. The largest absolute Gasteiger partial charge is 0.573 e. The number of hydrogen-bond acceptors (Lipinski definition) is 3. The average molecular weight is 375 g/mol. The van der Waals surface area contributed by atoms with Gasteiger partial charge >= 0.3 is 12.3 Å². The van der Waals surface area contributed by atoms with Gasteiger partial charge in [-0.15, -0.1) is 13.2 Å². The van der Waals surface area contributed by atoms with Crippen molar-refractivity contribution in [2.75, 3.05) is 0 Å². The Hall–Kier alpha value is -2.02. The maximum Gasteiger partial charge on any atom is 0.573 e. The van der Waals surface area contributed by atoms with E-state index < -0.39 is 18.1 Å². The monoisotopic (exact) mass is 374 g/mol. The minimum absolute atomic E-state index is 0.0294. The molecule has 116 valence electrons. The molecule has 0 radical (unpaired) electrons. The first-order chi connectivity index (χ1) is 10.3. The molecule has 3 nitrogen and oxygen atoms in total. The number of ether oxygens (including phenoxy) is 2. The van der Waals surface area contributed by atoms with E-state index in [9.17, 15) is 18.0 Å². The lowest BCUT2D eigenvalue weighted by Crippen LogP contribution is -2.17. The third-order valence-electron chi connectivity index (χ3n) is 2.55. The standard InChI is InChI=1S/C15H10BrF3O3/c16-12-6-11(7-13(8-12)22-15(17,18)19)14(20)21-9-10-4-2-1-3-5-10/h1-8H,9H2. The first-order valence-corrected chi connectivity index (χ1v) is 6.90. The van der Waals surface area contributed by atoms with Crippen molar-refractivity contribution in [3.8, 4) is 5.75 Å². The molecule has 0 saturated heterocycles. The molecule has 2 aromatic carbocycles. The fourth-order valence-electron chi connectivity index (χ4n) is 1.68.